The monoisotopic (exact) mass is 316 g/mol. The fourth-order valence-corrected chi connectivity index (χ4v) is 1.54. The number of carbonyl (C=O) groups excluding carboxylic acids is 1. The molecule has 0 saturated heterocycles. The number of ether oxygens (including phenoxy) is 1. The molecule has 1 rings (SSSR count). The molecule has 0 unspecified atom stereocenters. The second kappa shape index (κ2) is 5.34. The summed E-state index contributed by atoms with van der Waals surface area (Å²) in [5.41, 5.74) is -0.437. The summed E-state index contributed by atoms with van der Waals surface area (Å²) < 4.78 is 5.39. The molecule has 0 aliphatic heterocycles. The van der Waals surface area contributed by atoms with Gasteiger partial charge >= 0.3 is 6.09 Å². The van der Waals surface area contributed by atoms with Crippen molar-refractivity contribution >= 4 is 33.4 Å². The molecule has 98 valence electrons. The lowest BCUT2D eigenvalue weighted by molar-refractivity contribution is -0.385. The fraction of sp³-hybridized carbons (Fsp3) is 0.364. The number of rotatable bonds is 2. The first kappa shape index (κ1) is 14.4. The minimum atomic E-state index is -0.654. The van der Waals surface area contributed by atoms with Crippen LogP contribution in [0.25, 0.3) is 0 Å². The topological polar surface area (TPSA) is 81.5 Å². The number of hydrogen-bond donors (Lipinski definition) is 1. The summed E-state index contributed by atoms with van der Waals surface area (Å²) in [5, 5.41) is 13.2. The number of nitro benzene ring substituents is 1. The number of nitro groups is 1. The van der Waals surface area contributed by atoms with Crippen LogP contribution in [0, 0.1) is 10.1 Å². The van der Waals surface area contributed by atoms with E-state index in [0.29, 0.717) is 10.2 Å². The number of carbonyl (C=O) groups is 1. The molecule has 0 heterocycles. The van der Waals surface area contributed by atoms with Gasteiger partial charge < -0.3 is 4.74 Å². The molecule has 0 bridgehead atoms. The minimum Gasteiger partial charge on any atom is -0.444 e. The molecule has 0 saturated carbocycles. The molecule has 1 aromatic carbocycles. The van der Waals surface area contributed by atoms with Gasteiger partial charge in [-0.15, -0.1) is 0 Å². The molecule has 0 aliphatic rings. The van der Waals surface area contributed by atoms with Gasteiger partial charge in [-0.25, -0.2) is 4.79 Å². The average Bonchev–Trinajstić information content (AvgIpc) is 2.17. The van der Waals surface area contributed by atoms with Crippen LogP contribution in [-0.4, -0.2) is 16.6 Å². The van der Waals surface area contributed by atoms with Gasteiger partial charge in [0.25, 0.3) is 5.69 Å². The van der Waals surface area contributed by atoms with E-state index in [-0.39, 0.29) is 5.69 Å². The largest absolute Gasteiger partial charge is 0.444 e. The highest BCUT2D eigenvalue weighted by molar-refractivity contribution is 9.10. The summed E-state index contributed by atoms with van der Waals surface area (Å²) in [6, 6.07) is 4.29. The van der Waals surface area contributed by atoms with Crippen molar-refractivity contribution in [3.05, 3.63) is 32.8 Å². The predicted molar refractivity (Wildman–Crippen MR) is 70.7 cm³/mol. The van der Waals surface area contributed by atoms with Gasteiger partial charge in [0.2, 0.25) is 0 Å². The summed E-state index contributed by atoms with van der Waals surface area (Å²) in [5.74, 6) is 0. The van der Waals surface area contributed by atoms with E-state index in [9.17, 15) is 14.9 Å². The molecule has 1 aromatic rings. The summed E-state index contributed by atoms with van der Waals surface area (Å²) in [6.45, 7) is 5.20. The van der Waals surface area contributed by atoms with Crippen molar-refractivity contribution in [3.8, 4) is 0 Å². The summed E-state index contributed by atoms with van der Waals surface area (Å²) >= 11 is 3.06. The van der Waals surface area contributed by atoms with Crippen molar-refractivity contribution in [1.29, 1.82) is 0 Å². The second-order valence-electron chi connectivity index (χ2n) is 4.55. The zero-order valence-electron chi connectivity index (χ0n) is 10.2. The number of nitrogens with zero attached hydrogens (tertiary/aromatic N) is 1. The predicted octanol–water partition coefficient (Wildman–Crippen LogP) is 3.70. The quantitative estimate of drug-likeness (QED) is 0.666. The number of hydrogen-bond acceptors (Lipinski definition) is 4. The van der Waals surface area contributed by atoms with E-state index in [4.69, 9.17) is 4.74 Å². The minimum absolute atomic E-state index is 0.122. The lowest BCUT2D eigenvalue weighted by Gasteiger charge is -2.19. The van der Waals surface area contributed by atoms with E-state index >= 15 is 0 Å². The third kappa shape index (κ3) is 4.33. The fourth-order valence-electron chi connectivity index (χ4n) is 1.15. The van der Waals surface area contributed by atoms with Crippen molar-refractivity contribution in [2.75, 3.05) is 5.32 Å². The van der Waals surface area contributed by atoms with Crippen LogP contribution in [0.15, 0.2) is 22.7 Å². The standard InChI is InChI=1S/C11H13BrN2O4/c1-11(2,3)18-10(15)13-7-4-5-8(12)9(6-7)14(16)17/h4-6H,1-3H3,(H,13,15). The Morgan fingerprint density at radius 1 is 1.44 bits per heavy atom. The molecule has 0 aliphatic carbocycles. The Hall–Kier alpha value is -1.63. The number of benzene rings is 1. The molecule has 0 spiro atoms. The maximum absolute atomic E-state index is 11.5. The maximum atomic E-state index is 11.5. The molecule has 18 heavy (non-hydrogen) atoms. The van der Waals surface area contributed by atoms with E-state index in [1.165, 1.54) is 12.1 Å². The van der Waals surface area contributed by atoms with Crippen molar-refractivity contribution in [1.82, 2.24) is 0 Å². The van der Waals surface area contributed by atoms with Crippen LogP contribution in [0.1, 0.15) is 20.8 Å². The molecule has 0 fully saturated rings. The van der Waals surface area contributed by atoms with Crippen LogP contribution in [-0.2, 0) is 4.74 Å². The maximum Gasteiger partial charge on any atom is 0.412 e. The Morgan fingerprint density at radius 3 is 2.56 bits per heavy atom. The van der Waals surface area contributed by atoms with E-state index in [1.807, 2.05) is 0 Å². The van der Waals surface area contributed by atoms with Gasteiger partial charge in [0.15, 0.2) is 0 Å². The lowest BCUT2D eigenvalue weighted by Crippen LogP contribution is -2.27. The van der Waals surface area contributed by atoms with E-state index in [0.717, 1.165) is 0 Å². The summed E-state index contributed by atoms with van der Waals surface area (Å²) in [7, 11) is 0. The molecular weight excluding hydrogens is 304 g/mol. The zero-order valence-corrected chi connectivity index (χ0v) is 11.8. The molecular formula is C11H13BrN2O4. The number of halogens is 1. The SMILES string of the molecule is CC(C)(C)OC(=O)Nc1ccc(Br)c([N+](=O)[O-])c1. The van der Waals surface area contributed by atoms with Crippen molar-refractivity contribution < 1.29 is 14.5 Å². The third-order valence-corrected chi connectivity index (χ3v) is 2.46. The number of anilines is 1. The van der Waals surface area contributed by atoms with Crippen molar-refractivity contribution in [2.45, 2.75) is 26.4 Å². The Labute approximate surface area is 113 Å². The highest BCUT2D eigenvalue weighted by atomic mass is 79.9. The van der Waals surface area contributed by atoms with Crippen LogP contribution in [0.3, 0.4) is 0 Å². The van der Waals surface area contributed by atoms with Crippen LogP contribution in [0.2, 0.25) is 0 Å². The molecule has 0 aromatic heterocycles. The van der Waals surface area contributed by atoms with Gasteiger partial charge in [0, 0.05) is 6.07 Å². The Morgan fingerprint density at radius 2 is 2.06 bits per heavy atom. The lowest BCUT2D eigenvalue weighted by atomic mass is 10.2. The first-order valence-corrected chi connectivity index (χ1v) is 5.92. The Kier molecular flexibility index (Phi) is 4.28. The molecule has 0 radical (unpaired) electrons. The number of amides is 1. The number of nitrogens with one attached hydrogen (secondary N) is 1. The molecule has 1 amide bonds. The Balaban J connectivity index is 2.83. The molecule has 0 atom stereocenters. The highest BCUT2D eigenvalue weighted by Crippen LogP contribution is 2.28. The first-order chi connectivity index (χ1) is 8.19. The van der Waals surface area contributed by atoms with Crippen LogP contribution < -0.4 is 5.32 Å². The molecule has 7 heteroatoms. The smallest absolute Gasteiger partial charge is 0.412 e. The van der Waals surface area contributed by atoms with E-state index < -0.39 is 16.6 Å². The normalized spacial score (nSPS) is 10.9. The summed E-state index contributed by atoms with van der Waals surface area (Å²) in [6.07, 6.45) is -0.654. The third-order valence-electron chi connectivity index (χ3n) is 1.79. The highest BCUT2D eigenvalue weighted by Gasteiger charge is 2.18. The Bertz CT molecular complexity index is 482. The van der Waals surface area contributed by atoms with E-state index in [2.05, 4.69) is 21.2 Å². The van der Waals surface area contributed by atoms with Crippen molar-refractivity contribution in [2.24, 2.45) is 0 Å². The van der Waals surface area contributed by atoms with Gasteiger partial charge in [-0.05, 0) is 48.8 Å². The van der Waals surface area contributed by atoms with Crippen LogP contribution >= 0.6 is 15.9 Å². The molecule has 1 N–H and O–H groups in total. The molecule has 6 nitrogen and oxygen atoms in total. The van der Waals surface area contributed by atoms with Crippen molar-refractivity contribution in [3.63, 3.8) is 0 Å². The zero-order chi connectivity index (χ0) is 13.9. The first-order valence-electron chi connectivity index (χ1n) is 5.13. The van der Waals surface area contributed by atoms with Gasteiger partial charge in [0.05, 0.1) is 15.1 Å². The average molecular weight is 317 g/mol. The van der Waals surface area contributed by atoms with E-state index in [1.54, 1.807) is 26.8 Å². The van der Waals surface area contributed by atoms with Gasteiger partial charge in [0.1, 0.15) is 5.60 Å². The second-order valence-corrected chi connectivity index (χ2v) is 5.40. The van der Waals surface area contributed by atoms with Gasteiger partial charge in [-0.3, -0.25) is 15.4 Å². The van der Waals surface area contributed by atoms with Gasteiger partial charge in [-0.2, -0.15) is 0 Å². The van der Waals surface area contributed by atoms with Crippen LogP contribution in [0.4, 0.5) is 16.2 Å². The summed E-state index contributed by atoms with van der Waals surface area (Å²) in [4.78, 5) is 21.7. The van der Waals surface area contributed by atoms with Gasteiger partial charge in [-0.1, -0.05) is 0 Å². The van der Waals surface area contributed by atoms with Crippen LogP contribution in [0.5, 0.6) is 0 Å².